The van der Waals surface area contributed by atoms with Crippen LogP contribution in [0.3, 0.4) is 0 Å². The van der Waals surface area contributed by atoms with Gasteiger partial charge in [-0.3, -0.25) is 4.79 Å². The lowest BCUT2D eigenvalue weighted by atomic mass is 10.1. The molecule has 27 heavy (non-hydrogen) atoms. The molecule has 1 aliphatic heterocycles. The highest BCUT2D eigenvalue weighted by molar-refractivity contribution is 8.26. The van der Waals surface area contributed by atoms with E-state index in [1.54, 1.807) is 0 Å². The highest BCUT2D eigenvalue weighted by Gasteiger charge is 2.21. The van der Waals surface area contributed by atoms with E-state index >= 15 is 0 Å². The number of ether oxygens (including phenoxy) is 2. The highest BCUT2D eigenvalue weighted by atomic mass is 32.2. The van der Waals surface area contributed by atoms with Crippen molar-refractivity contribution in [3.63, 3.8) is 0 Å². The molecule has 0 saturated carbocycles. The summed E-state index contributed by atoms with van der Waals surface area (Å²) in [5, 5.41) is 2.61. The summed E-state index contributed by atoms with van der Waals surface area (Å²) in [6.45, 7) is 5.32. The van der Waals surface area contributed by atoms with E-state index in [0.717, 1.165) is 23.5 Å². The summed E-state index contributed by atoms with van der Waals surface area (Å²) >= 11 is 6.27. The zero-order valence-corrected chi connectivity index (χ0v) is 16.9. The first-order valence-electron chi connectivity index (χ1n) is 8.69. The lowest BCUT2D eigenvalue weighted by molar-refractivity contribution is -0.115. The van der Waals surface area contributed by atoms with E-state index in [2.05, 4.69) is 31.3 Å². The molecule has 3 rings (SSSR count). The number of hydrogen-bond donors (Lipinski definition) is 1. The topological polar surface area (TPSA) is 47.6 Å². The van der Waals surface area contributed by atoms with Crippen molar-refractivity contribution in [3.05, 3.63) is 64.1 Å². The monoisotopic (exact) mass is 399 g/mol. The number of nitrogens with one attached hydrogen (secondary N) is 1. The first-order valence-corrected chi connectivity index (χ1v) is 9.91. The second-order valence-corrected chi connectivity index (χ2v) is 7.94. The number of rotatable bonds is 7. The molecular formula is C21H21NO3S2. The van der Waals surface area contributed by atoms with Crippen LogP contribution >= 0.6 is 24.0 Å². The third-order valence-corrected chi connectivity index (χ3v) is 5.27. The molecule has 1 aliphatic rings. The predicted octanol–water partition coefficient (Wildman–Crippen LogP) is 4.64. The van der Waals surface area contributed by atoms with Crippen molar-refractivity contribution < 1.29 is 14.3 Å². The molecular weight excluding hydrogens is 378 g/mol. The Morgan fingerprint density at radius 1 is 1.04 bits per heavy atom. The van der Waals surface area contributed by atoms with E-state index in [-0.39, 0.29) is 5.91 Å². The molecule has 0 aromatic heterocycles. The van der Waals surface area contributed by atoms with Crippen LogP contribution in [0.2, 0.25) is 0 Å². The normalized spacial score (nSPS) is 15.1. The summed E-state index contributed by atoms with van der Waals surface area (Å²) in [5.74, 6) is 1.50. The first-order chi connectivity index (χ1) is 13.0. The molecule has 140 valence electrons. The Morgan fingerprint density at radius 3 is 2.44 bits per heavy atom. The fraction of sp³-hybridized carbons (Fsp3) is 0.238. The minimum Gasteiger partial charge on any atom is -0.493 e. The average molecular weight is 400 g/mol. The van der Waals surface area contributed by atoms with Gasteiger partial charge in [0.15, 0.2) is 0 Å². The molecule has 1 saturated heterocycles. The van der Waals surface area contributed by atoms with Gasteiger partial charge in [-0.25, -0.2) is 0 Å². The third kappa shape index (κ3) is 5.58. The molecule has 0 bridgehead atoms. The Labute approximate surface area is 168 Å². The van der Waals surface area contributed by atoms with E-state index in [1.165, 1.54) is 22.9 Å². The zero-order valence-electron chi connectivity index (χ0n) is 15.3. The molecule has 6 heteroatoms. The second-order valence-electron chi connectivity index (χ2n) is 6.22. The SMILES string of the molecule is Cc1ccc(OCCCOc2cccc(C=C3SC(=S)NC3=O)c2)cc1C. The molecule has 0 radical (unpaired) electrons. The van der Waals surface area contributed by atoms with Crippen LogP contribution in [0.25, 0.3) is 6.08 Å². The molecule has 0 atom stereocenters. The molecule has 0 aliphatic carbocycles. The molecule has 1 amide bonds. The van der Waals surface area contributed by atoms with E-state index in [9.17, 15) is 4.79 Å². The highest BCUT2D eigenvalue weighted by Crippen LogP contribution is 2.26. The van der Waals surface area contributed by atoms with Crippen LogP contribution in [0.1, 0.15) is 23.1 Å². The standard InChI is InChI=1S/C21H21NO3S2/c1-14-7-8-18(11-15(14)2)25-10-4-9-24-17-6-3-5-16(12-17)13-19-20(23)22-21(26)27-19/h3,5-8,11-13H,4,9-10H2,1-2H3,(H,22,23,26). The van der Waals surface area contributed by atoms with Gasteiger partial charge < -0.3 is 14.8 Å². The summed E-state index contributed by atoms with van der Waals surface area (Å²) in [5.41, 5.74) is 3.39. The van der Waals surface area contributed by atoms with Crippen molar-refractivity contribution in [2.75, 3.05) is 13.2 Å². The van der Waals surface area contributed by atoms with Gasteiger partial charge in [-0.1, -0.05) is 42.2 Å². The number of carbonyl (C=O) groups is 1. The summed E-state index contributed by atoms with van der Waals surface area (Å²) in [7, 11) is 0. The third-order valence-electron chi connectivity index (χ3n) is 4.10. The van der Waals surface area contributed by atoms with Gasteiger partial charge in [0.25, 0.3) is 5.91 Å². The van der Waals surface area contributed by atoms with E-state index in [4.69, 9.17) is 21.7 Å². The fourth-order valence-corrected chi connectivity index (χ4v) is 3.55. The molecule has 1 fully saturated rings. The Kier molecular flexibility index (Phi) is 6.53. The molecule has 4 nitrogen and oxygen atoms in total. The Bertz CT molecular complexity index is 893. The van der Waals surface area contributed by atoms with Crippen LogP contribution < -0.4 is 14.8 Å². The largest absolute Gasteiger partial charge is 0.493 e. The number of aryl methyl sites for hydroxylation is 2. The minimum absolute atomic E-state index is 0.153. The van der Waals surface area contributed by atoms with Crippen LogP contribution in [0.5, 0.6) is 11.5 Å². The molecule has 2 aromatic carbocycles. The van der Waals surface area contributed by atoms with Gasteiger partial charge in [-0.05, 0) is 60.9 Å². The molecule has 1 heterocycles. The van der Waals surface area contributed by atoms with Crippen LogP contribution in [-0.4, -0.2) is 23.4 Å². The number of thioether (sulfide) groups is 1. The van der Waals surface area contributed by atoms with Crippen LogP contribution in [0, 0.1) is 13.8 Å². The van der Waals surface area contributed by atoms with Crippen molar-refractivity contribution in [1.29, 1.82) is 0 Å². The van der Waals surface area contributed by atoms with Gasteiger partial charge in [0.05, 0.1) is 18.1 Å². The second kappa shape index (κ2) is 9.06. The number of carbonyl (C=O) groups excluding carboxylic acids is 1. The predicted molar refractivity (Wildman–Crippen MR) is 114 cm³/mol. The number of hydrogen-bond acceptors (Lipinski definition) is 5. The number of thiocarbonyl (C=S) groups is 1. The molecule has 0 spiro atoms. The summed E-state index contributed by atoms with van der Waals surface area (Å²) in [4.78, 5) is 12.3. The molecule has 1 N–H and O–H groups in total. The Hall–Kier alpha value is -2.31. The summed E-state index contributed by atoms with van der Waals surface area (Å²) < 4.78 is 12.1. The Morgan fingerprint density at radius 2 is 1.78 bits per heavy atom. The van der Waals surface area contributed by atoms with Crippen molar-refractivity contribution in [2.24, 2.45) is 0 Å². The minimum atomic E-state index is -0.153. The van der Waals surface area contributed by atoms with Crippen molar-refractivity contribution in [1.82, 2.24) is 5.32 Å². The first kappa shape index (κ1) is 19.5. The summed E-state index contributed by atoms with van der Waals surface area (Å²) in [6.07, 6.45) is 2.60. The smallest absolute Gasteiger partial charge is 0.263 e. The van der Waals surface area contributed by atoms with Gasteiger partial charge in [0.1, 0.15) is 15.8 Å². The maximum atomic E-state index is 11.7. The average Bonchev–Trinajstić information content (AvgIpc) is 2.95. The molecule has 0 unspecified atom stereocenters. The lowest BCUT2D eigenvalue weighted by Crippen LogP contribution is -2.17. The lowest BCUT2D eigenvalue weighted by Gasteiger charge is -2.10. The van der Waals surface area contributed by atoms with Gasteiger partial charge >= 0.3 is 0 Å². The zero-order chi connectivity index (χ0) is 19.2. The summed E-state index contributed by atoms with van der Waals surface area (Å²) in [6, 6.07) is 13.8. The van der Waals surface area contributed by atoms with Crippen molar-refractivity contribution in [2.45, 2.75) is 20.3 Å². The van der Waals surface area contributed by atoms with Gasteiger partial charge in [-0.15, -0.1) is 0 Å². The van der Waals surface area contributed by atoms with Crippen LogP contribution in [0.4, 0.5) is 0 Å². The van der Waals surface area contributed by atoms with Crippen molar-refractivity contribution >= 4 is 40.3 Å². The number of benzene rings is 2. The van der Waals surface area contributed by atoms with E-state index in [1.807, 2.05) is 36.4 Å². The van der Waals surface area contributed by atoms with Gasteiger partial charge in [-0.2, -0.15) is 0 Å². The van der Waals surface area contributed by atoms with Crippen molar-refractivity contribution in [3.8, 4) is 11.5 Å². The van der Waals surface area contributed by atoms with Gasteiger partial charge in [0.2, 0.25) is 0 Å². The van der Waals surface area contributed by atoms with E-state index in [0.29, 0.717) is 22.4 Å². The van der Waals surface area contributed by atoms with Gasteiger partial charge in [0, 0.05) is 6.42 Å². The fourth-order valence-electron chi connectivity index (χ4n) is 2.51. The Balaban J connectivity index is 1.47. The number of amides is 1. The maximum absolute atomic E-state index is 11.7. The molecule has 2 aromatic rings. The van der Waals surface area contributed by atoms with E-state index < -0.39 is 0 Å². The quantitative estimate of drug-likeness (QED) is 0.418. The van der Waals surface area contributed by atoms with Crippen LogP contribution in [-0.2, 0) is 4.79 Å². The maximum Gasteiger partial charge on any atom is 0.263 e. The van der Waals surface area contributed by atoms with Crippen LogP contribution in [0.15, 0.2) is 47.4 Å².